The van der Waals surface area contributed by atoms with Crippen LogP contribution in [-0.2, 0) is 20.7 Å². The largest absolute Gasteiger partial charge is 0.452 e. The number of hydrogen-bond acceptors (Lipinski definition) is 4. The standard InChI is InChI=1S/C20H21NO3S/c1-12-8-9-16(13(2)10-12)21-19(22)14(3)24-20(23)18-11-15-6-4-5-7-17(15)25-18/h4-10,14,18H,11H2,1-3H3,(H,21,22)/t14-,18+/m1/s1. The molecule has 1 aliphatic rings. The molecule has 0 fully saturated rings. The number of amides is 1. The zero-order valence-corrected chi connectivity index (χ0v) is 15.4. The molecule has 0 saturated carbocycles. The molecule has 0 aliphatic carbocycles. The molecule has 25 heavy (non-hydrogen) atoms. The average Bonchev–Trinajstić information content (AvgIpc) is 3.01. The van der Waals surface area contributed by atoms with Crippen LogP contribution in [0.15, 0.2) is 47.4 Å². The smallest absolute Gasteiger partial charge is 0.320 e. The molecule has 2 aromatic rings. The van der Waals surface area contributed by atoms with E-state index in [2.05, 4.69) is 5.32 Å². The molecule has 0 unspecified atom stereocenters. The van der Waals surface area contributed by atoms with Gasteiger partial charge in [0, 0.05) is 10.6 Å². The van der Waals surface area contributed by atoms with Gasteiger partial charge in [0.2, 0.25) is 0 Å². The van der Waals surface area contributed by atoms with Crippen molar-refractivity contribution in [1.82, 2.24) is 0 Å². The van der Waals surface area contributed by atoms with Crippen molar-refractivity contribution < 1.29 is 14.3 Å². The number of rotatable bonds is 4. The first kappa shape index (κ1) is 17.5. The van der Waals surface area contributed by atoms with Crippen molar-refractivity contribution in [2.45, 2.75) is 43.4 Å². The van der Waals surface area contributed by atoms with Gasteiger partial charge in [-0.3, -0.25) is 9.59 Å². The maximum Gasteiger partial charge on any atom is 0.320 e. The first-order valence-electron chi connectivity index (χ1n) is 8.27. The normalized spacial score (nSPS) is 16.8. The molecule has 130 valence electrons. The summed E-state index contributed by atoms with van der Waals surface area (Å²) in [5, 5.41) is 2.54. The fourth-order valence-electron chi connectivity index (χ4n) is 2.81. The Morgan fingerprint density at radius 3 is 2.68 bits per heavy atom. The van der Waals surface area contributed by atoms with E-state index >= 15 is 0 Å². The summed E-state index contributed by atoms with van der Waals surface area (Å²) < 4.78 is 5.39. The topological polar surface area (TPSA) is 55.4 Å². The quantitative estimate of drug-likeness (QED) is 0.846. The highest BCUT2D eigenvalue weighted by atomic mass is 32.2. The predicted octanol–water partition coefficient (Wildman–Crippen LogP) is 3.89. The molecule has 0 spiro atoms. The number of fused-ring (bicyclic) bond motifs is 1. The number of benzene rings is 2. The molecule has 1 N–H and O–H groups in total. The Morgan fingerprint density at radius 2 is 1.96 bits per heavy atom. The molecule has 3 rings (SSSR count). The molecule has 0 saturated heterocycles. The summed E-state index contributed by atoms with van der Waals surface area (Å²) in [5.74, 6) is -0.662. The maximum atomic E-state index is 12.4. The minimum absolute atomic E-state index is 0.284. The van der Waals surface area contributed by atoms with Gasteiger partial charge in [0.05, 0.1) is 0 Å². The van der Waals surface area contributed by atoms with Gasteiger partial charge in [-0.15, -0.1) is 11.8 Å². The van der Waals surface area contributed by atoms with Crippen molar-refractivity contribution in [2.75, 3.05) is 5.32 Å². The Morgan fingerprint density at radius 1 is 1.20 bits per heavy atom. The van der Waals surface area contributed by atoms with E-state index in [0.717, 1.165) is 27.3 Å². The first-order valence-corrected chi connectivity index (χ1v) is 9.15. The molecule has 1 aliphatic heterocycles. The minimum Gasteiger partial charge on any atom is -0.452 e. The number of aryl methyl sites for hydroxylation is 2. The van der Waals surface area contributed by atoms with Crippen LogP contribution in [0, 0.1) is 13.8 Å². The zero-order valence-electron chi connectivity index (χ0n) is 14.5. The summed E-state index contributed by atoms with van der Waals surface area (Å²) in [5.41, 5.74) is 4.00. The molecule has 2 atom stereocenters. The van der Waals surface area contributed by atoms with E-state index in [1.165, 1.54) is 11.8 Å². The number of thioether (sulfide) groups is 1. The van der Waals surface area contributed by atoms with Crippen molar-refractivity contribution in [2.24, 2.45) is 0 Å². The highest BCUT2D eigenvalue weighted by Crippen LogP contribution is 2.37. The molecular formula is C20H21NO3S. The number of ether oxygens (including phenoxy) is 1. The molecule has 0 bridgehead atoms. The van der Waals surface area contributed by atoms with Crippen LogP contribution in [-0.4, -0.2) is 23.2 Å². The predicted molar refractivity (Wildman–Crippen MR) is 99.9 cm³/mol. The highest BCUT2D eigenvalue weighted by Gasteiger charge is 2.31. The molecular weight excluding hydrogens is 334 g/mol. The van der Waals surface area contributed by atoms with E-state index < -0.39 is 6.10 Å². The van der Waals surface area contributed by atoms with E-state index in [0.29, 0.717) is 6.42 Å². The van der Waals surface area contributed by atoms with Crippen LogP contribution in [0.5, 0.6) is 0 Å². The summed E-state index contributed by atoms with van der Waals surface area (Å²) in [6.07, 6.45) is -0.192. The second-order valence-corrected chi connectivity index (χ2v) is 7.55. The Balaban J connectivity index is 1.57. The van der Waals surface area contributed by atoms with E-state index in [1.54, 1.807) is 6.92 Å². The molecule has 1 heterocycles. The number of carbonyl (C=O) groups excluding carboxylic acids is 2. The first-order chi connectivity index (χ1) is 11.9. The Bertz CT molecular complexity index is 793. The SMILES string of the molecule is Cc1ccc(NC(=O)[C@@H](C)OC(=O)[C@@H]2Cc3ccccc3S2)c(C)c1. The zero-order chi connectivity index (χ0) is 18.0. The van der Waals surface area contributed by atoms with Crippen molar-refractivity contribution in [3.05, 3.63) is 59.2 Å². The van der Waals surface area contributed by atoms with E-state index in [4.69, 9.17) is 4.74 Å². The Labute approximate surface area is 152 Å². The summed E-state index contributed by atoms with van der Waals surface area (Å²) in [6, 6.07) is 13.7. The van der Waals surface area contributed by atoms with Crippen LogP contribution >= 0.6 is 11.8 Å². The van der Waals surface area contributed by atoms with Gasteiger partial charge in [-0.05, 0) is 50.5 Å². The fraction of sp³-hybridized carbons (Fsp3) is 0.300. The fourth-order valence-corrected chi connectivity index (χ4v) is 3.99. The van der Waals surface area contributed by atoms with E-state index in [-0.39, 0.29) is 17.1 Å². The third kappa shape index (κ3) is 4.04. The third-order valence-corrected chi connectivity index (χ3v) is 5.51. The van der Waals surface area contributed by atoms with Crippen LogP contribution in [0.3, 0.4) is 0 Å². The van der Waals surface area contributed by atoms with E-state index in [1.807, 2.05) is 56.3 Å². The van der Waals surface area contributed by atoms with Gasteiger partial charge in [0.1, 0.15) is 5.25 Å². The molecule has 4 nitrogen and oxygen atoms in total. The van der Waals surface area contributed by atoms with Crippen molar-refractivity contribution in [1.29, 1.82) is 0 Å². The molecule has 5 heteroatoms. The van der Waals surface area contributed by atoms with Crippen LogP contribution in [0.4, 0.5) is 5.69 Å². The minimum atomic E-state index is -0.836. The lowest BCUT2D eigenvalue weighted by molar-refractivity contribution is -0.152. The molecule has 1 amide bonds. The Hall–Kier alpha value is -2.27. The monoisotopic (exact) mass is 355 g/mol. The maximum absolute atomic E-state index is 12.4. The third-order valence-electron chi connectivity index (χ3n) is 4.21. The molecule has 0 radical (unpaired) electrons. The van der Waals surface area contributed by atoms with Gasteiger partial charge in [-0.2, -0.15) is 0 Å². The highest BCUT2D eigenvalue weighted by molar-refractivity contribution is 8.01. The second-order valence-electron chi connectivity index (χ2n) is 6.31. The van der Waals surface area contributed by atoms with Crippen LogP contribution in [0.2, 0.25) is 0 Å². The number of esters is 1. The van der Waals surface area contributed by atoms with Crippen molar-refractivity contribution >= 4 is 29.3 Å². The number of hydrogen-bond donors (Lipinski definition) is 1. The Kier molecular flexibility index (Phi) is 5.13. The lowest BCUT2D eigenvalue weighted by atomic mass is 10.1. The van der Waals surface area contributed by atoms with Gasteiger partial charge in [0.25, 0.3) is 5.91 Å². The summed E-state index contributed by atoms with van der Waals surface area (Å²) >= 11 is 1.50. The number of anilines is 1. The molecule has 2 aromatic carbocycles. The second kappa shape index (κ2) is 7.31. The van der Waals surface area contributed by atoms with Gasteiger partial charge in [0.15, 0.2) is 6.10 Å². The van der Waals surface area contributed by atoms with Gasteiger partial charge in [-0.1, -0.05) is 35.9 Å². The number of carbonyl (C=O) groups is 2. The van der Waals surface area contributed by atoms with Crippen LogP contribution < -0.4 is 5.32 Å². The van der Waals surface area contributed by atoms with Crippen molar-refractivity contribution in [3.63, 3.8) is 0 Å². The van der Waals surface area contributed by atoms with Gasteiger partial charge >= 0.3 is 5.97 Å². The summed E-state index contributed by atoms with van der Waals surface area (Å²) in [4.78, 5) is 25.8. The summed E-state index contributed by atoms with van der Waals surface area (Å²) in [6.45, 7) is 5.54. The van der Waals surface area contributed by atoms with Gasteiger partial charge in [-0.25, -0.2) is 0 Å². The lowest BCUT2D eigenvalue weighted by Crippen LogP contribution is -2.33. The lowest BCUT2D eigenvalue weighted by Gasteiger charge is -2.16. The van der Waals surface area contributed by atoms with Crippen LogP contribution in [0.25, 0.3) is 0 Å². The van der Waals surface area contributed by atoms with Gasteiger partial charge < -0.3 is 10.1 Å². The van der Waals surface area contributed by atoms with Crippen LogP contribution in [0.1, 0.15) is 23.6 Å². The molecule has 0 aromatic heterocycles. The number of nitrogens with one attached hydrogen (secondary N) is 1. The average molecular weight is 355 g/mol. The van der Waals surface area contributed by atoms with E-state index in [9.17, 15) is 9.59 Å². The van der Waals surface area contributed by atoms with Crippen molar-refractivity contribution in [3.8, 4) is 0 Å². The summed E-state index contributed by atoms with van der Waals surface area (Å²) in [7, 11) is 0.